The van der Waals surface area contributed by atoms with Gasteiger partial charge in [-0.2, -0.15) is 0 Å². The highest BCUT2D eigenvalue weighted by Gasteiger charge is 2.70. The topological polar surface area (TPSA) is 32.6 Å². The lowest BCUT2D eigenvalue weighted by Crippen LogP contribution is -2.67. The molecule has 0 spiro atoms. The van der Waals surface area contributed by atoms with Gasteiger partial charge in [-0.05, 0) is 121 Å². The third kappa shape index (κ3) is 2.73. The first-order valence-electron chi connectivity index (χ1n) is 14.0. The number of hydrogen-bond acceptors (Lipinski definition) is 2. The smallest absolute Gasteiger partial charge is 0.0604 e. The van der Waals surface area contributed by atoms with Crippen LogP contribution in [0.25, 0.3) is 0 Å². The van der Waals surface area contributed by atoms with E-state index in [-0.39, 0.29) is 0 Å². The average molecular weight is 442 g/mol. The van der Waals surface area contributed by atoms with Crippen LogP contribution in [0.5, 0.6) is 0 Å². The molecule has 0 saturated heterocycles. The summed E-state index contributed by atoms with van der Waals surface area (Å²) in [5, 5.41) is 13.4. The highest BCUT2D eigenvalue weighted by Crippen LogP contribution is 2.78. The lowest BCUT2D eigenvalue weighted by Gasteiger charge is -2.75. The molecular formula is C30H51NO. The minimum absolute atomic E-state index is 0.297. The second kappa shape index (κ2) is 6.78. The number of oxime groups is 1. The minimum atomic E-state index is 0.297. The zero-order chi connectivity index (χ0) is 23.4. The standard InChI is InChI=1S/C30H51NO/c1-20-21(31-32)9-10-22-27(20,5)12-11-23-28(22,6)16-18-30(8)24-19-25(2,3)13-14-26(24,4)15-17-29(23,30)7/h20,22-24,32H,9-19H2,1-8H3/b31-21-/t20-,22+,23-,24+,26+,27+,28-,29+,30-/m0/s1. The van der Waals surface area contributed by atoms with Crippen LogP contribution in [0.2, 0.25) is 0 Å². The van der Waals surface area contributed by atoms with Gasteiger partial charge in [0, 0.05) is 5.92 Å². The fourth-order valence-electron chi connectivity index (χ4n) is 11.3. The van der Waals surface area contributed by atoms with E-state index >= 15 is 0 Å². The summed E-state index contributed by atoms with van der Waals surface area (Å²) < 4.78 is 0. The lowest BCUT2D eigenvalue weighted by molar-refractivity contribution is -0.254. The second-order valence-electron chi connectivity index (χ2n) is 15.4. The van der Waals surface area contributed by atoms with Gasteiger partial charge >= 0.3 is 0 Å². The van der Waals surface area contributed by atoms with Crippen molar-refractivity contribution >= 4 is 5.71 Å². The maximum absolute atomic E-state index is 9.66. The SMILES string of the molecule is C[C@H]1/C(=N\O)CC[C@@H]2[C@]1(C)CC[C@H]1[C@@]2(C)CC[C@@]2(C)[C@@H]3CC(C)(C)CC[C@]3(C)CC[C@]12C. The Morgan fingerprint density at radius 2 is 1.31 bits per heavy atom. The van der Waals surface area contributed by atoms with Gasteiger partial charge in [0.25, 0.3) is 0 Å². The van der Waals surface area contributed by atoms with Crippen LogP contribution in [0.4, 0.5) is 0 Å². The third-order valence-corrected chi connectivity index (χ3v) is 13.9. The van der Waals surface area contributed by atoms with Gasteiger partial charge in [-0.1, -0.05) is 60.5 Å². The van der Waals surface area contributed by atoms with E-state index in [0.717, 1.165) is 29.9 Å². The monoisotopic (exact) mass is 441 g/mol. The largest absolute Gasteiger partial charge is 0.411 e. The quantitative estimate of drug-likeness (QED) is 0.296. The Kier molecular flexibility index (Phi) is 4.92. The highest BCUT2D eigenvalue weighted by molar-refractivity contribution is 5.87. The van der Waals surface area contributed by atoms with E-state index in [4.69, 9.17) is 0 Å². The van der Waals surface area contributed by atoms with Gasteiger partial charge in [-0.25, -0.2) is 0 Å². The van der Waals surface area contributed by atoms with E-state index in [9.17, 15) is 5.21 Å². The molecule has 0 bridgehead atoms. The molecule has 0 aliphatic heterocycles. The number of hydrogen-bond donors (Lipinski definition) is 1. The molecule has 0 aromatic rings. The molecule has 5 aliphatic carbocycles. The molecule has 5 saturated carbocycles. The zero-order valence-electron chi connectivity index (χ0n) is 22.5. The van der Waals surface area contributed by atoms with Crippen LogP contribution in [-0.2, 0) is 0 Å². The van der Waals surface area contributed by atoms with Gasteiger partial charge in [-0.3, -0.25) is 0 Å². The summed E-state index contributed by atoms with van der Waals surface area (Å²) in [7, 11) is 0. The van der Waals surface area contributed by atoms with Crippen LogP contribution in [0.15, 0.2) is 5.16 Å². The van der Waals surface area contributed by atoms with E-state index in [0.29, 0.717) is 38.4 Å². The van der Waals surface area contributed by atoms with Crippen molar-refractivity contribution < 1.29 is 5.21 Å². The summed E-state index contributed by atoms with van der Waals surface area (Å²) in [5.74, 6) is 2.92. The Morgan fingerprint density at radius 1 is 0.688 bits per heavy atom. The summed E-state index contributed by atoms with van der Waals surface area (Å²) in [6, 6.07) is 0. The van der Waals surface area contributed by atoms with Gasteiger partial charge in [0.05, 0.1) is 5.71 Å². The first-order chi connectivity index (χ1) is 14.8. The Hall–Kier alpha value is -0.530. The molecule has 9 atom stereocenters. The van der Waals surface area contributed by atoms with Crippen LogP contribution in [-0.4, -0.2) is 10.9 Å². The van der Waals surface area contributed by atoms with Crippen molar-refractivity contribution in [3.05, 3.63) is 0 Å². The summed E-state index contributed by atoms with van der Waals surface area (Å²) in [5.41, 5.74) is 3.82. The van der Waals surface area contributed by atoms with E-state index in [1.165, 1.54) is 64.2 Å². The first-order valence-corrected chi connectivity index (χ1v) is 14.0. The Labute approximate surface area is 198 Å². The predicted octanol–water partition coefficient (Wildman–Crippen LogP) is 8.72. The normalized spacial score (nSPS) is 58.3. The van der Waals surface area contributed by atoms with Crippen molar-refractivity contribution in [1.29, 1.82) is 0 Å². The maximum Gasteiger partial charge on any atom is 0.0604 e. The molecule has 5 fully saturated rings. The number of rotatable bonds is 0. The predicted molar refractivity (Wildman–Crippen MR) is 134 cm³/mol. The summed E-state index contributed by atoms with van der Waals surface area (Å²) in [6.07, 6.45) is 15.0. The molecular weight excluding hydrogens is 390 g/mol. The van der Waals surface area contributed by atoms with Crippen LogP contribution in [0.1, 0.15) is 126 Å². The molecule has 0 aromatic carbocycles. The molecule has 5 aliphatic rings. The minimum Gasteiger partial charge on any atom is -0.411 e. The van der Waals surface area contributed by atoms with Crippen LogP contribution in [0, 0.1) is 56.2 Å². The van der Waals surface area contributed by atoms with Crippen molar-refractivity contribution in [2.75, 3.05) is 0 Å². The lowest BCUT2D eigenvalue weighted by atomic mass is 9.30. The van der Waals surface area contributed by atoms with E-state index in [1.54, 1.807) is 0 Å². The Morgan fingerprint density at radius 3 is 2.00 bits per heavy atom. The number of nitrogens with zero attached hydrogens (tertiary/aromatic N) is 1. The Bertz CT molecular complexity index is 816. The van der Waals surface area contributed by atoms with Crippen molar-refractivity contribution in [3.63, 3.8) is 0 Å². The first kappa shape index (κ1) is 23.2. The molecule has 2 heteroatoms. The van der Waals surface area contributed by atoms with Gasteiger partial charge in [0.2, 0.25) is 0 Å². The molecule has 32 heavy (non-hydrogen) atoms. The molecule has 0 unspecified atom stereocenters. The van der Waals surface area contributed by atoms with Crippen molar-refractivity contribution in [2.24, 2.45) is 61.3 Å². The molecule has 0 radical (unpaired) electrons. The molecule has 182 valence electrons. The molecule has 0 aromatic heterocycles. The molecule has 0 amide bonds. The van der Waals surface area contributed by atoms with E-state index in [2.05, 4.69) is 60.5 Å². The second-order valence-corrected chi connectivity index (χ2v) is 15.4. The molecule has 2 nitrogen and oxygen atoms in total. The Balaban J connectivity index is 1.54. The van der Waals surface area contributed by atoms with Gasteiger partial charge in [-0.15, -0.1) is 0 Å². The number of fused-ring (bicyclic) bond motifs is 7. The highest BCUT2D eigenvalue weighted by atomic mass is 16.4. The van der Waals surface area contributed by atoms with Crippen LogP contribution in [0.3, 0.4) is 0 Å². The van der Waals surface area contributed by atoms with Gasteiger partial charge in [0.15, 0.2) is 0 Å². The summed E-state index contributed by atoms with van der Waals surface area (Å²) in [6.45, 7) is 20.9. The van der Waals surface area contributed by atoms with Gasteiger partial charge in [0.1, 0.15) is 0 Å². The van der Waals surface area contributed by atoms with Gasteiger partial charge < -0.3 is 5.21 Å². The molecule has 5 rings (SSSR count). The van der Waals surface area contributed by atoms with E-state index < -0.39 is 0 Å². The van der Waals surface area contributed by atoms with E-state index in [1.807, 2.05) is 0 Å². The maximum atomic E-state index is 9.66. The summed E-state index contributed by atoms with van der Waals surface area (Å²) in [4.78, 5) is 0. The zero-order valence-corrected chi connectivity index (χ0v) is 22.5. The summed E-state index contributed by atoms with van der Waals surface area (Å²) >= 11 is 0. The van der Waals surface area contributed by atoms with Crippen molar-refractivity contribution in [3.8, 4) is 0 Å². The molecule has 0 heterocycles. The third-order valence-electron chi connectivity index (χ3n) is 13.9. The fraction of sp³-hybridized carbons (Fsp3) is 0.967. The van der Waals surface area contributed by atoms with Crippen molar-refractivity contribution in [1.82, 2.24) is 0 Å². The van der Waals surface area contributed by atoms with Crippen LogP contribution < -0.4 is 0 Å². The van der Waals surface area contributed by atoms with Crippen molar-refractivity contribution in [2.45, 2.75) is 126 Å². The fourth-order valence-corrected chi connectivity index (χ4v) is 11.3. The molecule has 1 N–H and O–H groups in total. The van der Waals surface area contributed by atoms with Crippen LogP contribution >= 0.6 is 0 Å². The average Bonchev–Trinajstić information content (AvgIpc) is 2.72.